The molecule has 1 fully saturated rings. The first-order valence-electron chi connectivity index (χ1n) is 6.37. The van der Waals surface area contributed by atoms with Crippen molar-refractivity contribution in [1.82, 2.24) is 10.6 Å². The summed E-state index contributed by atoms with van der Waals surface area (Å²) in [5.74, 6) is 0. The molecule has 0 aromatic heterocycles. The van der Waals surface area contributed by atoms with Crippen LogP contribution in [0.5, 0.6) is 0 Å². The van der Waals surface area contributed by atoms with Gasteiger partial charge in [-0.1, -0.05) is 19.8 Å². The van der Waals surface area contributed by atoms with E-state index in [2.05, 4.69) is 38.3 Å². The van der Waals surface area contributed by atoms with Gasteiger partial charge in [-0.15, -0.1) is 0 Å². The van der Waals surface area contributed by atoms with E-state index in [-0.39, 0.29) is 5.54 Å². The molecule has 0 radical (unpaired) electrons. The molecule has 0 saturated heterocycles. The van der Waals surface area contributed by atoms with E-state index in [1.54, 1.807) is 0 Å². The minimum absolute atomic E-state index is 0.249. The summed E-state index contributed by atoms with van der Waals surface area (Å²) in [6.45, 7) is 12.4. The van der Waals surface area contributed by atoms with Crippen molar-refractivity contribution in [2.75, 3.05) is 19.6 Å². The summed E-state index contributed by atoms with van der Waals surface area (Å²) in [6, 6.07) is 0. The Kier molecular flexibility index (Phi) is 4.60. The molecular weight excluding hydrogens is 184 g/mol. The lowest BCUT2D eigenvalue weighted by Gasteiger charge is -2.25. The van der Waals surface area contributed by atoms with E-state index in [0.29, 0.717) is 5.41 Å². The Labute approximate surface area is 95.2 Å². The second-order valence-corrected chi connectivity index (χ2v) is 6.37. The van der Waals surface area contributed by atoms with Crippen molar-refractivity contribution in [3.05, 3.63) is 0 Å². The van der Waals surface area contributed by atoms with Crippen molar-refractivity contribution in [3.63, 3.8) is 0 Å². The minimum Gasteiger partial charge on any atom is -0.315 e. The highest BCUT2D eigenvalue weighted by atomic mass is 15.0. The first-order chi connectivity index (χ1) is 6.91. The molecule has 0 atom stereocenters. The minimum atomic E-state index is 0.249. The monoisotopic (exact) mass is 212 g/mol. The van der Waals surface area contributed by atoms with Crippen LogP contribution in [0.25, 0.3) is 0 Å². The summed E-state index contributed by atoms with van der Waals surface area (Å²) in [4.78, 5) is 0. The summed E-state index contributed by atoms with van der Waals surface area (Å²) in [5.41, 5.74) is 0.834. The maximum absolute atomic E-state index is 3.58. The van der Waals surface area contributed by atoms with Crippen LogP contribution in [0.4, 0.5) is 0 Å². The van der Waals surface area contributed by atoms with Gasteiger partial charge in [0.05, 0.1) is 0 Å². The highest BCUT2D eigenvalue weighted by Gasteiger charge is 2.27. The van der Waals surface area contributed by atoms with Crippen molar-refractivity contribution in [1.29, 1.82) is 0 Å². The lowest BCUT2D eigenvalue weighted by Crippen LogP contribution is -2.41. The molecule has 0 heterocycles. The molecular formula is C13H28N2. The second kappa shape index (κ2) is 5.31. The van der Waals surface area contributed by atoms with E-state index < -0.39 is 0 Å². The number of nitrogens with one attached hydrogen (secondary N) is 2. The topological polar surface area (TPSA) is 24.1 Å². The number of hydrogen-bond donors (Lipinski definition) is 2. The van der Waals surface area contributed by atoms with Gasteiger partial charge in [0.1, 0.15) is 0 Å². The predicted molar refractivity (Wildman–Crippen MR) is 67.2 cm³/mol. The van der Waals surface area contributed by atoms with E-state index in [1.165, 1.54) is 32.2 Å². The first-order valence-corrected chi connectivity index (χ1v) is 6.37. The Morgan fingerprint density at radius 2 is 1.67 bits per heavy atom. The molecule has 1 saturated carbocycles. The van der Waals surface area contributed by atoms with Crippen LogP contribution in [0.3, 0.4) is 0 Å². The highest BCUT2D eigenvalue weighted by Crippen LogP contribution is 2.36. The van der Waals surface area contributed by atoms with E-state index in [1.807, 2.05) is 0 Å². The van der Waals surface area contributed by atoms with Crippen LogP contribution in [0.1, 0.15) is 53.4 Å². The van der Waals surface area contributed by atoms with Gasteiger partial charge >= 0.3 is 0 Å². The van der Waals surface area contributed by atoms with Crippen LogP contribution in [-0.2, 0) is 0 Å². The first kappa shape index (κ1) is 13.0. The van der Waals surface area contributed by atoms with Crippen LogP contribution in [0.15, 0.2) is 0 Å². The molecule has 90 valence electrons. The quantitative estimate of drug-likeness (QED) is 0.684. The molecule has 0 amide bonds. The standard InChI is InChI=1S/C13H28N2/c1-12(2,3)15-10-9-14-11-13(4)7-5-6-8-13/h14-15H,5-11H2,1-4H3. The average Bonchev–Trinajstić information content (AvgIpc) is 2.50. The van der Waals surface area contributed by atoms with Gasteiger partial charge in [0.2, 0.25) is 0 Å². The van der Waals surface area contributed by atoms with E-state index in [9.17, 15) is 0 Å². The molecule has 0 aromatic rings. The van der Waals surface area contributed by atoms with Crippen molar-refractivity contribution >= 4 is 0 Å². The highest BCUT2D eigenvalue weighted by molar-refractivity contribution is 4.82. The Bertz CT molecular complexity index is 175. The fourth-order valence-corrected chi connectivity index (χ4v) is 2.32. The maximum Gasteiger partial charge on any atom is 0.00970 e. The summed E-state index contributed by atoms with van der Waals surface area (Å²) in [7, 11) is 0. The fourth-order valence-electron chi connectivity index (χ4n) is 2.32. The van der Waals surface area contributed by atoms with Gasteiger partial charge in [0, 0.05) is 25.2 Å². The number of rotatable bonds is 5. The predicted octanol–water partition coefficient (Wildman–Crippen LogP) is 2.54. The van der Waals surface area contributed by atoms with E-state index in [4.69, 9.17) is 0 Å². The molecule has 0 aliphatic heterocycles. The molecule has 0 aromatic carbocycles. The molecule has 1 rings (SSSR count). The van der Waals surface area contributed by atoms with Crippen LogP contribution >= 0.6 is 0 Å². The smallest absolute Gasteiger partial charge is 0.00970 e. The van der Waals surface area contributed by atoms with Crippen LogP contribution in [0.2, 0.25) is 0 Å². The SMILES string of the molecule is CC1(CNCCNC(C)(C)C)CCCC1. The average molecular weight is 212 g/mol. The van der Waals surface area contributed by atoms with Gasteiger partial charge < -0.3 is 10.6 Å². The molecule has 2 N–H and O–H groups in total. The van der Waals surface area contributed by atoms with Crippen molar-refractivity contribution < 1.29 is 0 Å². The third kappa shape index (κ3) is 5.53. The van der Waals surface area contributed by atoms with Gasteiger partial charge in [-0.2, -0.15) is 0 Å². The number of hydrogen-bond acceptors (Lipinski definition) is 2. The zero-order chi connectivity index (χ0) is 11.4. The van der Waals surface area contributed by atoms with Crippen LogP contribution < -0.4 is 10.6 Å². The zero-order valence-electron chi connectivity index (χ0n) is 10.9. The summed E-state index contributed by atoms with van der Waals surface area (Å²) < 4.78 is 0. The Morgan fingerprint density at radius 3 is 2.20 bits per heavy atom. The van der Waals surface area contributed by atoms with Crippen molar-refractivity contribution in [3.8, 4) is 0 Å². The molecule has 0 spiro atoms. The van der Waals surface area contributed by atoms with Crippen molar-refractivity contribution in [2.24, 2.45) is 5.41 Å². The Balaban J connectivity index is 2.02. The zero-order valence-corrected chi connectivity index (χ0v) is 10.9. The Hall–Kier alpha value is -0.0800. The third-order valence-electron chi connectivity index (χ3n) is 3.32. The molecule has 2 nitrogen and oxygen atoms in total. The van der Waals surface area contributed by atoms with E-state index in [0.717, 1.165) is 13.1 Å². The van der Waals surface area contributed by atoms with Gasteiger partial charge in [-0.25, -0.2) is 0 Å². The third-order valence-corrected chi connectivity index (χ3v) is 3.32. The summed E-state index contributed by atoms with van der Waals surface area (Å²) in [6.07, 6.45) is 5.68. The van der Waals surface area contributed by atoms with Crippen LogP contribution in [-0.4, -0.2) is 25.2 Å². The Morgan fingerprint density at radius 1 is 1.07 bits per heavy atom. The molecule has 15 heavy (non-hydrogen) atoms. The molecule has 1 aliphatic carbocycles. The normalized spacial score (nSPS) is 20.8. The van der Waals surface area contributed by atoms with Crippen LogP contribution in [0, 0.1) is 5.41 Å². The lowest BCUT2D eigenvalue weighted by atomic mass is 9.89. The lowest BCUT2D eigenvalue weighted by molar-refractivity contribution is 0.311. The molecule has 0 unspecified atom stereocenters. The van der Waals surface area contributed by atoms with Gasteiger partial charge in [-0.05, 0) is 39.0 Å². The molecule has 0 bridgehead atoms. The fraction of sp³-hybridized carbons (Fsp3) is 1.00. The molecule has 2 heteroatoms. The summed E-state index contributed by atoms with van der Waals surface area (Å²) >= 11 is 0. The largest absolute Gasteiger partial charge is 0.315 e. The van der Waals surface area contributed by atoms with Gasteiger partial charge in [-0.3, -0.25) is 0 Å². The van der Waals surface area contributed by atoms with Gasteiger partial charge in [0.25, 0.3) is 0 Å². The molecule has 1 aliphatic rings. The summed E-state index contributed by atoms with van der Waals surface area (Å²) in [5, 5.41) is 7.08. The maximum atomic E-state index is 3.58. The second-order valence-electron chi connectivity index (χ2n) is 6.37. The van der Waals surface area contributed by atoms with E-state index >= 15 is 0 Å². The van der Waals surface area contributed by atoms with Gasteiger partial charge in [0.15, 0.2) is 0 Å². The van der Waals surface area contributed by atoms with Crippen molar-refractivity contribution in [2.45, 2.75) is 58.9 Å².